The Kier molecular flexibility index (Phi) is 6.21. The molecule has 0 radical (unpaired) electrons. The highest BCUT2D eigenvalue weighted by molar-refractivity contribution is 6.07. The highest BCUT2D eigenvalue weighted by Gasteiger charge is 2.17. The Bertz CT molecular complexity index is 1380. The molecule has 5 rings (SSSR count). The van der Waals surface area contributed by atoms with Gasteiger partial charge >= 0.3 is 0 Å². The third-order valence-electron chi connectivity index (χ3n) is 6.63. The van der Waals surface area contributed by atoms with E-state index < -0.39 is 0 Å². The van der Waals surface area contributed by atoms with E-state index in [1.807, 2.05) is 0 Å². The Balaban J connectivity index is 1.81. The molecule has 0 amide bonds. The first kappa shape index (κ1) is 21.4. The van der Waals surface area contributed by atoms with Crippen LogP contribution in [0.2, 0.25) is 0 Å². The molecule has 0 spiro atoms. The second-order valence-electron chi connectivity index (χ2n) is 9.08. The molecule has 33 heavy (non-hydrogen) atoms. The van der Waals surface area contributed by atoms with Crippen LogP contribution in [0.15, 0.2) is 91.0 Å². The van der Waals surface area contributed by atoms with Gasteiger partial charge in [-0.15, -0.1) is 0 Å². The molecule has 1 aromatic heterocycles. The molecule has 0 saturated carbocycles. The number of hydrogen-bond acceptors (Lipinski definition) is 1. The zero-order valence-corrected chi connectivity index (χ0v) is 19.6. The van der Waals surface area contributed by atoms with Crippen molar-refractivity contribution in [3.05, 3.63) is 102 Å². The maximum Gasteiger partial charge on any atom is 0.0788 e. The number of pyridine rings is 1. The van der Waals surface area contributed by atoms with E-state index in [0.29, 0.717) is 0 Å². The zero-order valence-electron chi connectivity index (χ0n) is 19.6. The Hall–Kier alpha value is -3.45. The topological polar surface area (TPSA) is 12.9 Å². The summed E-state index contributed by atoms with van der Waals surface area (Å²) in [5.41, 5.74) is 7.24. The van der Waals surface area contributed by atoms with E-state index in [9.17, 15) is 0 Å². The number of hydrogen-bond donors (Lipinski definition) is 0. The van der Waals surface area contributed by atoms with E-state index in [-0.39, 0.29) is 0 Å². The van der Waals surface area contributed by atoms with Crippen LogP contribution < -0.4 is 0 Å². The molecule has 0 aliphatic rings. The lowest BCUT2D eigenvalue weighted by atomic mass is 9.90. The van der Waals surface area contributed by atoms with Gasteiger partial charge in [-0.25, -0.2) is 4.98 Å². The Labute approximate surface area is 197 Å². The van der Waals surface area contributed by atoms with Crippen molar-refractivity contribution in [2.24, 2.45) is 0 Å². The molecule has 164 valence electrons. The molecule has 0 saturated heterocycles. The van der Waals surface area contributed by atoms with Crippen molar-refractivity contribution in [2.45, 2.75) is 46.0 Å². The molecule has 0 aliphatic carbocycles. The van der Waals surface area contributed by atoms with Crippen LogP contribution >= 0.6 is 0 Å². The van der Waals surface area contributed by atoms with E-state index in [1.54, 1.807) is 0 Å². The van der Waals surface area contributed by atoms with Crippen molar-refractivity contribution in [3.8, 4) is 22.5 Å². The molecule has 5 aromatic rings. The molecular formula is C32H31N. The van der Waals surface area contributed by atoms with Crippen LogP contribution in [0.3, 0.4) is 0 Å². The van der Waals surface area contributed by atoms with Crippen LogP contribution in [0.25, 0.3) is 44.1 Å². The van der Waals surface area contributed by atoms with Gasteiger partial charge in [-0.05, 0) is 53.6 Å². The van der Waals surface area contributed by atoms with E-state index >= 15 is 0 Å². The fraction of sp³-hybridized carbons (Fsp3) is 0.219. The van der Waals surface area contributed by atoms with Gasteiger partial charge in [0.25, 0.3) is 0 Å². The average molecular weight is 430 g/mol. The average Bonchev–Trinajstić information content (AvgIpc) is 2.86. The second kappa shape index (κ2) is 9.58. The number of aromatic nitrogens is 1. The van der Waals surface area contributed by atoms with Crippen LogP contribution in [-0.4, -0.2) is 4.98 Å². The van der Waals surface area contributed by atoms with Gasteiger partial charge in [-0.2, -0.15) is 0 Å². The standard InChI is InChI=1S/C32H31N/c1-3-4-5-9-16-28-29-21-26-14-10-11-15-27(26)22-30(29)32(24-12-7-6-8-13-24)33-31(28)25-19-17-23(2)18-20-25/h6-8,10-15,17-22H,3-5,9,16H2,1-2H3. The van der Waals surface area contributed by atoms with Crippen LogP contribution in [-0.2, 0) is 6.42 Å². The fourth-order valence-corrected chi connectivity index (χ4v) is 4.80. The van der Waals surface area contributed by atoms with E-state index in [2.05, 4.69) is 105 Å². The molecule has 0 aliphatic heterocycles. The Morgan fingerprint density at radius 2 is 1.24 bits per heavy atom. The van der Waals surface area contributed by atoms with Gasteiger partial charge in [0.15, 0.2) is 0 Å². The summed E-state index contributed by atoms with van der Waals surface area (Å²) in [5.74, 6) is 0. The first-order valence-electron chi connectivity index (χ1n) is 12.2. The lowest BCUT2D eigenvalue weighted by Gasteiger charge is -2.18. The predicted octanol–water partition coefficient (Wildman–Crippen LogP) is 9.15. The first-order valence-corrected chi connectivity index (χ1v) is 12.2. The smallest absolute Gasteiger partial charge is 0.0788 e. The van der Waals surface area contributed by atoms with Crippen molar-refractivity contribution in [3.63, 3.8) is 0 Å². The fourth-order valence-electron chi connectivity index (χ4n) is 4.80. The Morgan fingerprint density at radius 3 is 1.94 bits per heavy atom. The van der Waals surface area contributed by atoms with Crippen LogP contribution in [0.5, 0.6) is 0 Å². The third-order valence-corrected chi connectivity index (χ3v) is 6.63. The van der Waals surface area contributed by atoms with Gasteiger partial charge < -0.3 is 0 Å². The summed E-state index contributed by atoms with van der Waals surface area (Å²) in [6.45, 7) is 4.42. The van der Waals surface area contributed by atoms with Gasteiger partial charge in [-0.1, -0.05) is 111 Å². The largest absolute Gasteiger partial charge is 0.247 e. The maximum absolute atomic E-state index is 5.38. The number of fused-ring (bicyclic) bond motifs is 2. The highest BCUT2D eigenvalue weighted by Crippen LogP contribution is 2.38. The quantitative estimate of drug-likeness (QED) is 0.186. The molecule has 0 fully saturated rings. The summed E-state index contributed by atoms with van der Waals surface area (Å²) in [5, 5.41) is 5.15. The number of unbranched alkanes of at least 4 members (excludes halogenated alkanes) is 3. The molecule has 0 N–H and O–H groups in total. The van der Waals surface area contributed by atoms with Crippen LogP contribution in [0.1, 0.15) is 43.7 Å². The molecular weight excluding hydrogens is 398 g/mol. The number of nitrogens with zero attached hydrogens (tertiary/aromatic N) is 1. The monoisotopic (exact) mass is 429 g/mol. The van der Waals surface area contributed by atoms with Crippen molar-refractivity contribution in [2.75, 3.05) is 0 Å². The van der Waals surface area contributed by atoms with Crippen molar-refractivity contribution >= 4 is 21.5 Å². The highest BCUT2D eigenvalue weighted by atomic mass is 14.7. The predicted molar refractivity (Wildman–Crippen MR) is 143 cm³/mol. The van der Waals surface area contributed by atoms with Crippen molar-refractivity contribution in [1.29, 1.82) is 0 Å². The van der Waals surface area contributed by atoms with E-state index in [1.165, 1.54) is 69.5 Å². The Morgan fingerprint density at radius 1 is 0.606 bits per heavy atom. The SMILES string of the molecule is CCCCCCc1c(-c2ccc(C)cc2)nc(-c2ccccc2)c2cc3ccccc3cc12. The minimum Gasteiger partial charge on any atom is -0.247 e. The van der Waals surface area contributed by atoms with Crippen LogP contribution in [0, 0.1) is 6.92 Å². The zero-order chi connectivity index (χ0) is 22.6. The maximum atomic E-state index is 5.38. The summed E-state index contributed by atoms with van der Waals surface area (Å²) in [6, 6.07) is 32.9. The minimum absolute atomic E-state index is 1.06. The van der Waals surface area contributed by atoms with Crippen LogP contribution in [0.4, 0.5) is 0 Å². The minimum atomic E-state index is 1.06. The first-order chi connectivity index (χ1) is 16.2. The van der Waals surface area contributed by atoms with Gasteiger partial charge in [0.2, 0.25) is 0 Å². The third kappa shape index (κ3) is 4.41. The molecule has 1 heteroatoms. The second-order valence-corrected chi connectivity index (χ2v) is 9.08. The molecule has 4 aromatic carbocycles. The molecule has 1 nitrogen and oxygen atoms in total. The molecule has 0 bridgehead atoms. The summed E-state index contributed by atoms with van der Waals surface area (Å²) in [7, 11) is 0. The number of rotatable bonds is 7. The molecule has 1 heterocycles. The van der Waals surface area contributed by atoms with E-state index in [4.69, 9.17) is 4.98 Å². The molecule has 0 unspecified atom stereocenters. The van der Waals surface area contributed by atoms with E-state index in [0.717, 1.165) is 17.8 Å². The lowest BCUT2D eigenvalue weighted by molar-refractivity contribution is 0.668. The summed E-state index contributed by atoms with van der Waals surface area (Å²) in [4.78, 5) is 5.38. The molecule has 0 atom stereocenters. The van der Waals surface area contributed by atoms with Gasteiger partial charge in [0, 0.05) is 16.5 Å². The number of benzene rings is 4. The lowest BCUT2D eigenvalue weighted by Crippen LogP contribution is -2.00. The van der Waals surface area contributed by atoms with Gasteiger partial charge in [0.1, 0.15) is 0 Å². The van der Waals surface area contributed by atoms with Crippen molar-refractivity contribution in [1.82, 2.24) is 4.98 Å². The van der Waals surface area contributed by atoms with Gasteiger partial charge in [-0.3, -0.25) is 0 Å². The summed E-state index contributed by atoms with van der Waals surface area (Å²) < 4.78 is 0. The van der Waals surface area contributed by atoms with Crippen molar-refractivity contribution < 1.29 is 0 Å². The normalized spacial score (nSPS) is 11.3. The summed E-state index contributed by atoms with van der Waals surface area (Å²) >= 11 is 0. The number of aryl methyl sites for hydroxylation is 2. The summed E-state index contributed by atoms with van der Waals surface area (Å²) in [6.07, 6.45) is 6.05. The van der Waals surface area contributed by atoms with Gasteiger partial charge in [0.05, 0.1) is 11.4 Å².